The molecule has 1 N–H and O–H groups in total. The Morgan fingerprint density at radius 1 is 1.45 bits per heavy atom. The molecule has 0 heterocycles. The minimum Gasteiger partial charge on any atom is -0.316 e. The average Bonchev–Trinajstić information content (AvgIpc) is 2.03. The molecule has 0 aromatic rings. The maximum Gasteiger partial charge on any atom is 0.0906 e. The lowest BCUT2D eigenvalue weighted by molar-refractivity contribution is 0.462. The Kier molecular flexibility index (Phi) is 9.96. The normalized spacial score (nSPS) is 9.91. The first kappa shape index (κ1) is 11.0. The Balaban J connectivity index is 2.74. The molecule has 0 saturated carbocycles. The first-order valence-corrected chi connectivity index (χ1v) is 5.02. The summed E-state index contributed by atoms with van der Waals surface area (Å²) in [5.74, 6) is 2.09. The van der Waals surface area contributed by atoms with Gasteiger partial charge >= 0.3 is 0 Å². The van der Waals surface area contributed by atoms with Crippen LogP contribution in [0, 0.1) is 0 Å². The summed E-state index contributed by atoms with van der Waals surface area (Å²) in [7, 11) is 0. The third kappa shape index (κ3) is 9.98. The summed E-state index contributed by atoms with van der Waals surface area (Å²) >= 11 is 1.84. The number of rotatable bonds is 8. The Morgan fingerprint density at radius 2 is 2.27 bits per heavy atom. The summed E-state index contributed by atoms with van der Waals surface area (Å²) < 4.78 is 11.6. The first-order chi connectivity index (χ1) is 5.41. The van der Waals surface area contributed by atoms with Crippen molar-refractivity contribution < 1.29 is 4.39 Å². The van der Waals surface area contributed by atoms with Crippen LogP contribution in [0.1, 0.15) is 6.42 Å². The molecule has 0 amide bonds. The second-order valence-electron chi connectivity index (χ2n) is 2.16. The number of halogens is 1. The van der Waals surface area contributed by atoms with Crippen LogP contribution in [0.5, 0.6) is 0 Å². The van der Waals surface area contributed by atoms with Crippen molar-refractivity contribution in [2.45, 2.75) is 6.42 Å². The van der Waals surface area contributed by atoms with Gasteiger partial charge in [-0.05, 0) is 13.0 Å². The molecule has 0 aliphatic heterocycles. The molecule has 0 saturated heterocycles. The Morgan fingerprint density at radius 3 is 2.91 bits per heavy atom. The zero-order chi connectivity index (χ0) is 8.36. The van der Waals surface area contributed by atoms with Gasteiger partial charge in [0.25, 0.3) is 0 Å². The number of thioether (sulfide) groups is 1. The lowest BCUT2D eigenvalue weighted by atomic mass is 10.5. The van der Waals surface area contributed by atoms with Crippen LogP contribution in [-0.2, 0) is 0 Å². The van der Waals surface area contributed by atoms with E-state index in [-0.39, 0.29) is 6.67 Å². The van der Waals surface area contributed by atoms with Crippen molar-refractivity contribution in [2.24, 2.45) is 0 Å². The molecule has 0 aliphatic carbocycles. The minimum atomic E-state index is -0.215. The second kappa shape index (κ2) is 9.98. The number of hydrogen-bond acceptors (Lipinski definition) is 2. The fourth-order valence-corrected chi connectivity index (χ4v) is 1.25. The van der Waals surface area contributed by atoms with Crippen molar-refractivity contribution in [1.29, 1.82) is 0 Å². The fraction of sp³-hybridized carbons (Fsp3) is 0.750. The van der Waals surface area contributed by atoms with Gasteiger partial charge in [0, 0.05) is 18.1 Å². The van der Waals surface area contributed by atoms with E-state index in [2.05, 4.69) is 11.9 Å². The molecule has 0 bridgehead atoms. The monoisotopic (exact) mass is 177 g/mol. The van der Waals surface area contributed by atoms with Crippen LogP contribution in [0.25, 0.3) is 0 Å². The number of hydrogen-bond donors (Lipinski definition) is 1. The molecule has 3 heteroatoms. The SMILES string of the molecule is C=CCSCCNCCCF. The van der Waals surface area contributed by atoms with Crippen LogP contribution in [-0.4, -0.2) is 31.3 Å². The third-order valence-electron chi connectivity index (χ3n) is 1.15. The van der Waals surface area contributed by atoms with Gasteiger partial charge in [0.15, 0.2) is 0 Å². The molecule has 0 aromatic heterocycles. The van der Waals surface area contributed by atoms with Crippen LogP contribution in [0.15, 0.2) is 12.7 Å². The predicted molar refractivity (Wildman–Crippen MR) is 51.0 cm³/mol. The summed E-state index contributed by atoms with van der Waals surface area (Å²) in [5, 5.41) is 3.15. The summed E-state index contributed by atoms with van der Waals surface area (Å²) in [4.78, 5) is 0. The third-order valence-corrected chi connectivity index (χ3v) is 2.11. The quantitative estimate of drug-likeness (QED) is 0.448. The smallest absolute Gasteiger partial charge is 0.0906 e. The van der Waals surface area contributed by atoms with Crippen LogP contribution in [0.2, 0.25) is 0 Å². The summed E-state index contributed by atoms with van der Waals surface area (Å²) in [6, 6.07) is 0. The lowest BCUT2D eigenvalue weighted by Gasteiger charge is -2.00. The van der Waals surface area contributed by atoms with Crippen LogP contribution in [0.3, 0.4) is 0 Å². The van der Waals surface area contributed by atoms with Gasteiger partial charge in [-0.3, -0.25) is 4.39 Å². The van der Waals surface area contributed by atoms with Crippen molar-refractivity contribution in [2.75, 3.05) is 31.3 Å². The summed E-state index contributed by atoms with van der Waals surface area (Å²) in [6.45, 7) is 5.17. The zero-order valence-electron chi connectivity index (χ0n) is 6.81. The highest BCUT2D eigenvalue weighted by atomic mass is 32.2. The maximum atomic E-state index is 11.6. The molecule has 1 nitrogen and oxygen atoms in total. The molecule has 0 rings (SSSR count). The van der Waals surface area contributed by atoms with Gasteiger partial charge in [-0.15, -0.1) is 6.58 Å². The molecule has 0 unspecified atom stereocenters. The van der Waals surface area contributed by atoms with E-state index in [4.69, 9.17) is 0 Å². The van der Waals surface area contributed by atoms with E-state index < -0.39 is 0 Å². The highest BCUT2D eigenvalue weighted by molar-refractivity contribution is 7.99. The fourth-order valence-electron chi connectivity index (χ4n) is 0.628. The zero-order valence-corrected chi connectivity index (χ0v) is 7.63. The molecule has 0 fully saturated rings. The second-order valence-corrected chi connectivity index (χ2v) is 3.31. The molecule has 0 aromatic carbocycles. The van der Waals surface area contributed by atoms with Gasteiger partial charge in [0.2, 0.25) is 0 Å². The topological polar surface area (TPSA) is 12.0 Å². The van der Waals surface area contributed by atoms with Crippen molar-refractivity contribution in [1.82, 2.24) is 5.32 Å². The summed E-state index contributed by atoms with van der Waals surface area (Å²) in [5.41, 5.74) is 0. The van der Waals surface area contributed by atoms with Gasteiger partial charge in [-0.25, -0.2) is 0 Å². The highest BCUT2D eigenvalue weighted by Gasteiger charge is 1.87. The van der Waals surface area contributed by atoms with Crippen LogP contribution < -0.4 is 5.32 Å². The van der Waals surface area contributed by atoms with Gasteiger partial charge < -0.3 is 5.32 Å². The van der Waals surface area contributed by atoms with E-state index in [0.717, 1.165) is 24.6 Å². The molecule has 0 aliphatic rings. The Labute approximate surface area is 72.4 Å². The molecule has 0 radical (unpaired) electrons. The predicted octanol–water partition coefficient (Wildman–Crippen LogP) is 1.85. The van der Waals surface area contributed by atoms with E-state index in [0.29, 0.717) is 6.42 Å². The molecular weight excluding hydrogens is 161 g/mol. The van der Waals surface area contributed by atoms with E-state index in [9.17, 15) is 4.39 Å². The van der Waals surface area contributed by atoms with E-state index in [1.54, 1.807) is 0 Å². The van der Waals surface area contributed by atoms with Gasteiger partial charge in [-0.2, -0.15) is 11.8 Å². The summed E-state index contributed by atoms with van der Waals surface area (Å²) in [6.07, 6.45) is 2.53. The minimum absolute atomic E-state index is 0.215. The number of alkyl halides is 1. The van der Waals surface area contributed by atoms with Gasteiger partial charge in [0.05, 0.1) is 6.67 Å². The van der Waals surface area contributed by atoms with Gasteiger partial charge in [-0.1, -0.05) is 6.08 Å². The van der Waals surface area contributed by atoms with Crippen molar-refractivity contribution in [3.63, 3.8) is 0 Å². The average molecular weight is 177 g/mol. The van der Waals surface area contributed by atoms with Gasteiger partial charge in [0.1, 0.15) is 0 Å². The molecule has 0 atom stereocenters. The van der Waals surface area contributed by atoms with E-state index >= 15 is 0 Å². The first-order valence-electron chi connectivity index (χ1n) is 3.87. The largest absolute Gasteiger partial charge is 0.316 e. The highest BCUT2D eigenvalue weighted by Crippen LogP contribution is 1.96. The van der Waals surface area contributed by atoms with Crippen molar-refractivity contribution in [3.8, 4) is 0 Å². The number of nitrogens with one attached hydrogen (secondary N) is 1. The van der Waals surface area contributed by atoms with E-state index in [1.165, 1.54) is 0 Å². The van der Waals surface area contributed by atoms with Crippen molar-refractivity contribution in [3.05, 3.63) is 12.7 Å². The Hall–Kier alpha value is -0.0200. The lowest BCUT2D eigenvalue weighted by Crippen LogP contribution is -2.18. The van der Waals surface area contributed by atoms with E-state index in [1.807, 2.05) is 17.8 Å². The van der Waals surface area contributed by atoms with Crippen LogP contribution >= 0.6 is 11.8 Å². The molecular formula is C8H16FNS. The molecule has 0 spiro atoms. The Bertz CT molecular complexity index is 88.2. The molecule has 11 heavy (non-hydrogen) atoms. The van der Waals surface area contributed by atoms with Crippen LogP contribution in [0.4, 0.5) is 4.39 Å². The molecule has 66 valence electrons. The standard InChI is InChI=1S/C8H16FNS/c1-2-7-11-8-6-10-5-3-4-9/h2,10H,1,3-8H2. The maximum absolute atomic E-state index is 11.6. The van der Waals surface area contributed by atoms with Crippen molar-refractivity contribution >= 4 is 11.8 Å².